The van der Waals surface area contributed by atoms with E-state index in [-0.39, 0.29) is 12.5 Å². The van der Waals surface area contributed by atoms with Crippen LogP contribution in [0.25, 0.3) is 11.0 Å². The first-order chi connectivity index (χ1) is 13.2. The van der Waals surface area contributed by atoms with Crippen LogP contribution in [0.4, 0.5) is 5.69 Å². The molecule has 0 atom stereocenters. The lowest BCUT2D eigenvalue weighted by Crippen LogP contribution is -2.21. The Morgan fingerprint density at radius 2 is 2.11 bits per heavy atom. The number of fused-ring (bicyclic) bond motifs is 2. The minimum atomic E-state index is -0.0564. The van der Waals surface area contributed by atoms with Gasteiger partial charge in [-0.2, -0.15) is 11.8 Å². The molecular formula is C21H23N3O2S. The molecule has 1 heterocycles. The number of thioether (sulfide) groups is 1. The first-order valence-electron chi connectivity index (χ1n) is 9.13. The van der Waals surface area contributed by atoms with Crippen LogP contribution in [0.2, 0.25) is 0 Å². The fourth-order valence-electron chi connectivity index (χ4n) is 3.82. The molecule has 0 saturated heterocycles. The molecule has 0 saturated carbocycles. The predicted octanol–water partition coefficient (Wildman–Crippen LogP) is 4.04. The molecule has 0 aliphatic heterocycles. The molecule has 1 aliphatic rings. The van der Waals surface area contributed by atoms with Crippen molar-refractivity contribution in [2.45, 2.75) is 31.6 Å². The molecule has 0 unspecified atom stereocenters. The lowest BCUT2D eigenvalue weighted by atomic mass is 10.1. The Kier molecular flexibility index (Phi) is 5.07. The number of nitrogens with one attached hydrogen (secondary N) is 1. The molecular weight excluding hydrogens is 358 g/mol. The van der Waals surface area contributed by atoms with E-state index < -0.39 is 0 Å². The fraction of sp³-hybridized carbons (Fsp3) is 0.333. The number of methoxy groups -OCH3 is 1. The topological polar surface area (TPSA) is 56.1 Å². The molecule has 0 spiro atoms. The Morgan fingerprint density at radius 3 is 2.93 bits per heavy atom. The molecule has 3 aromatic rings. The number of aromatic nitrogens is 2. The van der Waals surface area contributed by atoms with Gasteiger partial charge in [0.2, 0.25) is 5.91 Å². The SMILES string of the molecule is COc1ccc2c(c1NC(=O)Cn1c(CSC)nc3ccccc31)CCC2. The molecule has 0 bridgehead atoms. The van der Waals surface area contributed by atoms with E-state index >= 15 is 0 Å². The number of aryl methyl sites for hydroxylation is 1. The maximum Gasteiger partial charge on any atom is 0.244 e. The van der Waals surface area contributed by atoms with Crippen LogP contribution in [0, 0.1) is 0 Å². The molecule has 2 aromatic carbocycles. The van der Waals surface area contributed by atoms with Crippen LogP contribution < -0.4 is 10.1 Å². The van der Waals surface area contributed by atoms with Crippen molar-refractivity contribution in [3.63, 3.8) is 0 Å². The summed E-state index contributed by atoms with van der Waals surface area (Å²) in [5.74, 6) is 2.36. The molecule has 1 amide bonds. The van der Waals surface area contributed by atoms with E-state index in [1.165, 1.54) is 11.1 Å². The van der Waals surface area contributed by atoms with E-state index in [4.69, 9.17) is 9.72 Å². The van der Waals surface area contributed by atoms with Gasteiger partial charge in [-0.1, -0.05) is 18.2 Å². The Hall–Kier alpha value is -2.47. The first kappa shape index (κ1) is 17.9. The Morgan fingerprint density at radius 1 is 1.26 bits per heavy atom. The zero-order chi connectivity index (χ0) is 18.8. The van der Waals surface area contributed by atoms with Gasteiger partial charge in [0.05, 0.1) is 29.6 Å². The second-order valence-electron chi connectivity index (χ2n) is 6.72. The maximum atomic E-state index is 12.9. The van der Waals surface area contributed by atoms with Gasteiger partial charge in [-0.25, -0.2) is 4.98 Å². The molecule has 140 valence electrons. The highest BCUT2D eigenvalue weighted by molar-refractivity contribution is 7.97. The van der Waals surface area contributed by atoms with Crippen molar-refractivity contribution in [2.24, 2.45) is 0 Å². The summed E-state index contributed by atoms with van der Waals surface area (Å²) < 4.78 is 7.51. The average Bonchev–Trinajstić information content (AvgIpc) is 3.28. The van der Waals surface area contributed by atoms with E-state index in [1.54, 1.807) is 18.9 Å². The number of nitrogens with zero attached hydrogens (tertiary/aromatic N) is 2. The average molecular weight is 382 g/mol. The van der Waals surface area contributed by atoms with E-state index in [0.29, 0.717) is 0 Å². The summed E-state index contributed by atoms with van der Waals surface area (Å²) in [6.45, 7) is 0.239. The number of amides is 1. The zero-order valence-corrected chi connectivity index (χ0v) is 16.4. The van der Waals surface area contributed by atoms with Gasteiger partial charge in [0.25, 0.3) is 0 Å². The maximum absolute atomic E-state index is 12.9. The van der Waals surface area contributed by atoms with Crippen LogP contribution in [-0.2, 0) is 29.9 Å². The molecule has 6 heteroatoms. The summed E-state index contributed by atoms with van der Waals surface area (Å²) in [7, 11) is 1.65. The number of para-hydroxylation sites is 2. The van der Waals surface area contributed by atoms with Crippen molar-refractivity contribution in [1.29, 1.82) is 0 Å². The minimum absolute atomic E-state index is 0.0564. The molecule has 1 aliphatic carbocycles. The molecule has 1 aromatic heterocycles. The van der Waals surface area contributed by atoms with E-state index in [0.717, 1.165) is 53.3 Å². The van der Waals surface area contributed by atoms with Crippen LogP contribution in [-0.4, -0.2) is 28.8 Å². The highest BCUT2D eigenvalue weighted by Crippen LogP contribution is 2.36. The van der Waals surface area contributed by atoms with Crippen LogP contribution >= 0.6 is 11.8 Å². The largest absolute Gasteiger partial charge is 0.495 e. The summed E-state index contributed by atoms with van der Waals surface area (Å²) >= 11 is 1.70. The number of ether oxygens (including phenoxy) is 1. The van der Waals surface area contributed by atoms with Crippen molar-refractivity contribution in [2.75, 3.05) is 18.7 Å². The van der Waals surface area contributed by atoms with E-state index in [9.17, 15) is 4.79 Å². The van der Waals surface area contributed by atoms with Gasteiger partial charge in [0, 0.05) is 0 Å². The molecule has 4 rings (SSSR count). The van der Waals surface area contributed by atoms with Gasteiger partial charge in [0.1, 0.15) is 18.1 Å². The number of anilines is 1. The summed E-state index contributed by atoms with van der Waals surface area (Å²) in [5, 5.41) is 3.11. The van der Waals surface area contributed by atoms with Gasteiger partial charge >= 0.3 is 0 Å². The molecule has 27 heavy (non-hydrogen) atoms. The first-order valence-corrected chi connectivity index (χ1v) is 10.5. The van der Waals surface area contributed by atoms with Gasteiger partial charge in [-0.05, 0) is 54.8 Å². The highest BCUT2D eigenvalue weighted by Gasteiger charge is 2.21. The summed E-state index contributed by atoms with van der Waals surface area (Å²) in [6, 6.07) is 12.0. The normalized spacial score (nSPS) is 13.0. The third-order valence-electron chi connectivity index (χ3n) is 5.04. The number of benzene rings is 2. The van der Waals surface area contributed by atoms with Crippen LogP contribution in [0.5, 0.6) is 5.75 Å². The standard InChI is InChI=1S/C21H23N3O2S/c1-26-18-11-10-14-6-5-7-15(14)21(18)23-20(25)12-24-17-9-4-3-8-16(17)22-19(24)13-27-2/h3-4,8-11H,5-7,12-13H2,1-2H3,(H,23,25). The third kappa shape index (κ3) is 3.41. The Bertz CT molecular complexity index is 997. The number of hydrogen-bond acceptors (Lipinski definition) is 4. The van der Waals surface area contributed by atoms with Gasteiger partial charge in [-0.15, -0.1) is 0 Å². The quantitative estimate of drug-likeness (QED) is 0.700. The van der Waals surface area contributed by atoms with E-state index in [2.05, 4.69) is 11.4 Å². The monoisotopic (exact) mass is 381 g/mol. The smallest absolute Gasteiger partial charge is 0.244 e. The van der Waals surface area contributed by atoms with Crippen molar-refractivity contribution in [3.05, 3.63) is 53.3 Å². The molecule has 5 nitrogen and oxygen atoms in total. The molecule has 0 radical (unpaired) electrons. The Labute approximate surface area is 163 Å². The van der Waals surface area contributed by atoms with Crippen molar-refractivity contribution in [3.8, 4) is 5.75 Å². The molecule has 1 N–H and O–H groups in total. The predicted molar refractivity (Wildman–Crippen MR) is 111 cm³/mol. The highest BCUT2D eigenvalue weighted by atomic mass is 32.2. The summed E-state index contributed by atoms with van der Waals surface area (Å²) in [5.41, 5.74) is 5.26. The lowest BCUT2D eigenvalue weighted by molar-refractivity contribution is -0.116. The number of carbonyl (C=O) groups excluding carboxylic acids is 1. The zero-order valence-electron chi connectivity index (χ0n) is 15.6. The minimum Gasteiger partial charge on any atom is -0.495 e. The number of carbonyl (C=O) groups is 1. The lowest BCUT2D eigenvalue weighted by Gasteiger charge is -2.16. The fourth-order valence-corrected chi connectivity index (χ4v) is 4.29. The second-order valence-corrected chi connectivity index (χ2v) is 7.58. The second kappa shape index (κ2) is 7.64. The van der Waals surface area contributed by atoms with Crippen LogP contribution in [0.15, 0.2) is 36.4 Å². The van der Waals surface area contributed by atoms with Crippen molar-refractivity contribution in [1.82, 2.24) is 9.55 Å². The van der Waals surface area contributed by atoms with E-state index in [1.807, 2.05) is 41.2 Å². The van der Waals surface area contributed by atoms with Gasteiger partial charge in [-0.3, -0.25) is 4.79 Å². The number of rotatable bonds is 6. The van der Waals surface area contributed by atoms with Crippen molar-refractivity contribution < 1.29 is 9.53 Å². The van der Waals surface area contributed by atoms with Crippen LogP contribution in [0.1, 0.15) is 23.4 Å². The van der Waals surface area contributed by atoms with Crippen molar-refractivity contribution >= 4 is 34.4 Å². The molecule has 0 fully saturated rings. The summed E-state index contributed by atoms with van der Waals surface area (Å²) in [6.07, 6.45) is 5.21. The number of hydrogen-bond donors (Lipinski definition) is 1. The van der Waals surface area contributed by atoms with Gasteiger partial charge in [0.15, 0.2) is 0 Å². The Balaban J connectivity index is 1.64. The third-order valence-corrected chi connectivity index (χ3v) is 5.58. The van der Waals surface area contributed by atoms with Crippen LogP contribution in [0.3, 0.4) is 0 Å². The number of imidazole rings is 1. The van der Waals surface area contributed by atoms with Gasteiger partial charge < -0.3 is 14.6 Å². The summed E-state index contributed by atoms with van der Waals surface area (Å²) in [4.78, 5) is 17.6.